The van der Waals surface area contributed by atoms with Crippen LogP contribution in [0.25, 0.3) is 0 Å². The van der Waals surface area contributed by atoms with Gasteiger partial charge in [0.1, 0.15) is 0 Å². The third kappa shape index (κ3) is 3.12. The van der Waals surface area contributed by atoms with Gasteiger partial charge in [0.25, 0.3) is 0 Å². The van der Waals surface area contributed by atoms with Gasteiger partial charge < -0.3 is 5.32 Å². The second-order valence-corrected chi connectivity index (χ2v) is 7.59. The molecule has 0 aromatic heterocycles. The molecule has 0 heterocycles. The predicted molar refractivity (Wildman–Crippen MR) is 91.2 cm³/mol. The molecule has 1 aliphatic carbocycles. The molecule has 0 amide bonds. The van der Waals surface area contributed by atoms with Crippen molar-refractivity contribution in [1.29, 1.82) is 0 Å². The van der Waals surface area contributed by atoms with Gasteiger partial charge in [-0.05, 0) is 55.8 Å². The van der Waals surface area contributed by atoms with Crippen molar-refractivity contribution in [1.82, 2.24) is 5.32 Å². The summed E-state index contributed by atoms with van der Waals surface area (Å²) >= 11 is 3.63. The first-order valence-corrected chi connectivity index (χ1v) is 8.80. The summed E-state index contributed by atoms with van der Waals surface area (Å²) in [5, 5.41) is 3.44. The molecule has 0 spiro atoms. The minimum absolute atomic E-state index is 0.350. The Morgan fingerprint density at radius 3 is 2.30 bits per heavy atom. The van der Waals surface area contributed by atoms with Crippen LogP contribution < -0.4 is 5.32 Å². The van der Waals surface area contributed by atoms with Crippen LogP contribution in [0.2, 0.25) is 0 Å². The zero-order valence-electron chi connectivity index (χ0n) is 13.1. The fourth-order valence-electron chi connectivity index (χ4n) is 4.51. The van der Waals surface area contributed by atoms with Gasteiger partial charge in [-0.2, -0.15) is 0 Å². The van der Waals surface area contributed by atoms with Gasteiger partial charge in [0.2, 0.25) is 0 Å². The van der Waals surface area contributed by atoms with Gasteiger partial charge in [-0.1, -0.05) is 54.8 Å². The highest BCUT2D eigenvalue weighted by Gasteiger charge is 2.53. The number of likely N-dealkylation sites (N-methyl/N-ethyl adjacent to an activating group) is 1. The summed E-state index contributed by atoms with van der Waals surface area (Å²) in [6.45, 7) is 5.75. The molecule has 0 saturated heterocycles. The summed E-state index contributed by atoms with van der Waals surface area (Å²) in [4.78, 5) is 0. The predicted octanol–water partition coefficient (Wildman–Crippen LogP) is 5.29. The third-order valence-corrected chi connectivity index (χ3v) is 5.43. The molecule has 1 nitrogen and oxygen atoms in total. The number of halogens is 1. The monoisotopic (exact) mass is 337 g/mol. The highest BCUT2D eigenvalue weighted by Crippen LogP contribution is 2.60. The molecule has 1 aliphatic rings. The van der Waals surface area contributed by atoms with E-state index in [4.69, 9.17) is 0 Å². The summed E-state index contributed by atoms with van der Waals surface area (Å²) in [5.41, 5.74) is 2.45. The summed E-state index contributed by atoms with van der Waals surface area (Å²) in [6.07, 6.45) is 8.10. The average Bonchev–Trinajstić information content (AvgIpc) is 2.37. The minimum Gasteiger partial charge on any atom is -0.319 e. The first kappa shape index (κ1) is 16.0. The first-order valence-electron chi connectivity index (χ1n) is 8.00. The fourth-order valence-corrected chi connectivity index (χ4v) is 4.91. The van der Waals surface area contributed by atoms with Crippen molar-refractivity contribution in [3.05, 3.63) is 34.3 Å². The van der Waals surface area contributed by atoms with Crippen LogP contribution in [-0.2, 0) is 5.41 Å². The van der Waals surface area contributed by atoms with Crippen LogP contribution in [0.4, 0.5) is 0 Å². The zero-order chi connectivity index (χ0) is 14.6. The molecule has 1 aromatic carbocycles. The van der Waals surface area contributed by atoms with Crippen molar-refractivity contribution in [3.8, 4) is 0 Å². The van der Waals surface area contributed by atoms with Gasteiger partial charge in [-0.15, -0.1) is 0 Å². The standard InChI is InChI=1S/C18H28BrN/c1-4-9-17(10-5-2)12-18(13-17,14-20-3)15-7-6-8-16(19)11-15/h6-8,11,20H,4-5,9-10,12-14H2,1-3H3. The number of hydrogen-bond acceptors (Lipinski definition) is 1. The van der Waals surface area contributed by atoms with E-state index in [9.17, 15) is 0 Å². The maximum atomic E-state index is 3.63. The lowest BCUT2D eigenvalue weighted by Gasteiger charge is -2.57. The van der Waals surface area contributed by atoms with Crippen molar-refractivity contribution >= 4 is 15.9 Å². The van der Waals surface area contributed by atoms with Crippen LogP contribution in [0.1, 0.15) is 57.9 Å². The number of nitrogens with one attached hydrogen (secondary N) is 1. The molecule has 0 aliphatic heterocycles. The Morgan fingerprint density at radius 2 is 1.80 bits per heavy atom. The van der Waals surface area contributed by atoms with Crippen molar-refractivity contribution in [3.63, 3.8) is 0 Å². The first-order chi connectivity index (χ1) is 9.60. The molecule has 0 atom stereocenters. The van der Waals surface area contributed by atoms with Gasteiger partial charge in [0.05, 0.1) is 0 Å². The molecule has 2 rings (SSSR count). The average molecular weight is 338 g/mol. The minimum atomic E-state index is 0.350. The largest absolute Gasteiger partial charge is 0.319 e. The molecular weight excluding hydrogens is 310 g/mol. The maximum absolute atomic E-state index is 3.63. The fraction of sp³-hybridized carbons (Fsp3) is 0.667. The maximum Gasteiger partial charge on any atom is 0.0178 e. The van der Waals surface area contributed by atoms with E-state index in [1.54, 1.807) is 0 Å². The van der Waals surface area contributed by atoms with Gasteiger partial charge in [-0.3, -0.25) is 0 Å². The van der Waals surface area contributed by atoms with E-state index < -0.39 is 0 Å². The normalized spacial score (nSPS) is 19.6. The molecule has 0 radical (unpaired) electrons. The quantitative estimate of drug-likeness (QED) is 0.712. The van der Waals surface area contributed by atoms with Crippen LogP contribution in [0, 0.1) is 5.41 Å². The van der Waals surface area contributed by atoms with Crippen LogP contribution in [0.5, 0.6) is 0 Å². The molecule has 1 fully saturated rings. The topological polar surface area (TPSA) is 12.0 Å². The van der Waals surface area contributed by atoms with Crippen molar-refractivity contribution in [2.75, 3.05) is 13.6 Å². The molecule has 1 saturated carbocycles. The summed E-state index contributed by atoms with van der Waals surface area (Å²) < 4.78 is 1.20. The third-order valence-electron chi connectivity index (χ3n) is 4.94. The van der Waals surface area contributed by atoms with Crippen LogP contribution >= 0.6 is 15.9 Å². The van der Waals surface area contributed by atoms with E-state index in [0.29, 0.717) is 10.8 Å². The smallest absolute Gasteiger partial charge is 0.0178 e. The van der Waals surface area contributed by atoms with Gasteiger partial charge in [0.15, 0.2) is 0 Å². The second-order valence-electron chi connectivity index (χ2n) is 6.67. The Balaban J connectivity index is 2.22. The van der Waals surface area contributed by atoms with E-state index in [0.717, 1.165) is 6.54 Å². The molecule has 1 N–H and O–H groups in total. The van der Waals surface area contributed by atoms with Gasteiger partial charge >= 0.3 is 0 Å². The summed E-state index contributed by atoms with van der Waals surface area (Å²) in [6, 6.07) is 8.93. The SMILES string of the molecule is CCCC1(CCC)CC(CNC)(c2cccc(Br)c2)C1. The van der Waals surface area contributed by atoms with E-state index in [1.807, 2.05) is 0 Å². The number of hydrogen-bond donors (Lipinski definition) is 1. The molecule has 0 bridgehead atoms. The molecule has 1 aromatic rings. The Bertz CT molecular complexity index is 427. The van der Waals surface area contributed by atoms with Crippen molar-refractivity contribution in [2.45, 2.75) is 57.8 Å². The van der Waals surface area contributed by atoms with Gasteiger partial charge in [-0.25, -0.2) is 0 Å². The Hall–Kier alpha value is -0.340. The number of benzene rings is 1. The van der Waals surface area contributed by atoms with E-state index >= 15 is 0 Å². The Labute approximate surface area is 132 Å². The molecular formula is C18H28BrN. The lowest BCUT2D eigenvalue weighted by molar-refractivity contribution is 0.00386. The van der Waals surface area contributed by atoms with Gasteiger partial charge in [0, 0.05) is 16.4 Å². The highest BCUT2D eigenvalue weighted by atomic mass is 79.9. The molecule has 20 heavy (non-hydrogen) atoms. The van der Waals surface area contributed by atoms with Crippen LogP contribution in [0.3, 0.4) is 0 Å². The van der Waals surface area contributed by atoms with Crippen LogP contribution in [0.15, 0.2) is 28.7 Å². The van der Waals surface area contributed by atoms with E-state index in [2.05, 4.69) is 66.4 Å². The second kappa shape index (κ2) is 6.62. The Kier molecular flexibility index (Phi) is 5.30. The zero-order valence-corrected chi connectivity index (χ0v) is 14.7. The molecule has 112 valence electrons. The van der Waals surface area contributed by atoms with Crippen molar-refractivity contribution in [2.24, 2.45) is 5.41 Å². The lowest BCUT2D eigenvalue weighted by Crippen LogP contribution is -2.54. The summed E-state index contributed by atoms with van der Waals surface area (Å²) in [5.74, 6) is 0. The number of rotatable bonds is 7. The molecule has 0 unspecified atom stereocenters. The molecule has 2 heteroatoms. The van der Waals surface area contributed by atoms with E-state index in [-0.39, 0.29) is 0 Å². The summed E-state index contributed by atoms with van der Waals surface area (Å²) in [7, 11) is 2.08. The van der Waals surface area contributed by atoms with Crippen molar-refractivity contribution < 1.29 is 0 Å². The lowest BCUT2D eigenvalue weighted by atomic mass is 9.48. The van der Waals surface area contributed by atoms with E-state index in [1.165, 1.54) is 48.6 Å². The highest BCUT2D eigenvalue weighted by molar-refractivity contribution is 9.10. The Morgan fingerprint density at radius 1 is 1.15 bits per heavy atom. The van der Waals surface area contributed by atoms with Crippen LogP contribution in [-0.4, -0.2) is 13.6 Å².